The van der Waals surface area contributed by atoms with Gasteiger partial charge in [0.25, 0.3) is 0 Å². The van der Waals surface area contributed by atoms with Crippen LogP contribution in [0.1, 0.15) is 22.3 Å². The van der Waals surface area contributed by atoms with Crippen molar-refractivity contribution in [3.05, 3.63) is 216 Å². The Bertz CT molecular complexity index is 3660. The zero-order valence-electron chi connectivity index (χ0n) is 31.8. The molecule has 10 aromatic carbocycles. The topological polar surface area (TPSA) is 22.4 Å². The third kappa shape index (κ3) is 4.00. The Balaban J connectivity index is 0.950. The van der Waals surface area contributed by atoms with Crippen molar-refractivity contribution < 1.29 is 9.15 Å². The molecule has 2 heteroatoms. The second-order valence-electron chi connectivity index (χ2n) is 16.3. The van der Waals surface area contributed by atoms with Crippen molar-refractivity contribution in [3.8, 4) is 67.1 Å². The molecule has 1 aromatic heterocycles. The van der Waals surface area contributed by atoms with Crippen LogP contribution in [0.3, 0.4) is 0 Å². The lowest BCUT2D eigenvalue weighted by molar-refractivity contribution is 0.487. The van der Waals surface area contributed by atoms with Crippen LogP contribution in [0.5, 0.6) is 11.5 Å². The summed E-state index contributed by atoms with van der Waals surface area (Å²) in [6.45, 7) is 0. The molecule has 2 heterocycles. The van der Waals surface area contributed by atoms with Crippen LogP contribution < -0.4 is 4.74 Å². The number of hydrogen-bond acceptors (Lipinski definition) is 2. The van der Waals surface area contributed by atoms with Crippen molar-refractivity contribution >= 4 is 43.5 Å². The summed E-state index contributed by atoms with van der Waals surface area (Å²) in [5.41, 5.74) is 19.1. The van der Waals surface area contributed by atoms with E-state index in [2.05, 4.69) is 182 Å². The average molecular weight is 749 g/mol. The number of para-hydroxylation sites is 1. The van der Waals surface area contributed by atoms with Crippen LogP contribution in [-0.4, -0.2) is 0 Å². The molecular formula is C57H32O2. The lowest BCUT2D eigenvalue weighted by atomic mass is 9.70. The SMILES string of the molecule is c1ccc2c(c1)-c1ccc(-c3ccc4c(c3)-c3cccc5c(-c6ccc7oc8ccccc8c7c6)ccc(c35)O4)cc1C21c2ccccc2-c2c1ccc1ccccc21. The summed E-state index contributed by atoms with van der Waals surface area (Å²) < 4.78 is 12.9. The summed E-state index contributed by atoms with van der Waals surface area (Å²) in [6.07, 6.45) is 0. The van der Waals surface area contributed by atoms with Gasteiger partial charge in [0.1, 0.15) is 22.7 Å². The number of rotatable bonds is 2. The lowest BCUT2D eigenvalue weighted by Gasteiger charge is -2.31. The zero-order valence-corrected chi connectivity index (χ0v) is 31.8. The first-order chi connectivity index (χ1) is 29.2. The van der Waals surface area contributed by atoms with Gasteiger partial charge in [0.05, 0.1) is 5.41 Å². The van der Waals surface area contributed by atoms with E-state index < -0.39 is 5.41 Å². The van der Waals surface area contributed by atoms with Crippen molar-refractivity contribution in [2.24, 2.45) is 0 Å². The quantitative estimate of drug-likeness (QED) is 0.176. The molecule has 1 atom stereocenters. The highest BCUT2D eigenvalue weighted by Gasteiger charge is 2.52. The van der Waals surface area contributed by atoms with Crippen LogP contribution >= 0.6 is 0 Å². The Labute approximate surface area is 340 Å². The van der Waals surface area contributed by atoms with Gasteiger partial charge in [-0.25, -0.2) is 0 Å². The van der Waals surface area contributed by atoms with E-state index in [1.807, 2.05) is 12.1 Å². The summed E-state index contributed by atoms with van der Waals surface area (Å²) >= 11 is 0. The fraction of sp³-hybridized carbons (Fsp3) is 0.0175. The minimum atomic E-state index is -0.429. The minimum absolute atomic E-state index is 0.429. The average Bonchev–Trinajstić information content (AvgIpc) is 3.93. The first-order valence-corrected chi connectivity index (χ1v) is 20.4. The first kappa shape index (κ1) is 31.4. The molecule has 0 N–H and O–H groups in total. The molecular weight excluding hydrogens is 717 g/mol. The van der Waals surface area contributed by atoms with E-state index in [-0.39, 0.29) is 0 Å². The molecule has 1 aliphatic heterocycles. The number of fused-ring (bicyclic) bond motifs is 17. The second-order valence-corrected chi connectivity index (χ2v) is 16.3. The molecule has 0 radical (unpaired) electrons. The Kier molecular flexibility index (Phi) is 5.99. The number of hydrogen-bond donors (Lipinski definition) is 0. The van der Waals surface area contributed by atoms with Crippen molar-refractivity contribution in [2.45, 2.75) is 5.41 Å². The van der Waals surface area contributed by atoms with Crippen molar-refractivity contribution in [2.75, 3.05) is 0 Å². The van der Waals surface area contributed by atoms with E-state index in [4.69, 9.17) is 9.15 Å². The smallest absolute Gasteiger partial charge is 0.135 e. The fourth-order valence-corrected chi connectivity index (χ4v) is 11.0. The summed E-state index contributed by atoms with van der Waals surface area (Å²) in [6, 6.07) is 71.4. The molecule has 1 spiro atoms. The molecule has 0 saturated heterocycles. The predicted octanol–water partition coefficient (Wildman–Crippen LogP) is 15.3. The van der Waals surface area contributed by atoms with Gasteiger partial charge in [-0.3, -0.25) is 0 Å². The van der Waals surface area contributed by atoms with Gasteiger partial charge in [0, 0.05) is 21.7 Å². The van der Waals surface area contributed by atoms with Gasteiger partial charge in [-0.1, -0.05) is 152 Å². The normalized spacial score (nSPS) is 15.3. The van der Waals surface area contributed by atoms with E-state index in [9.17, 15) is 0 Å². The van der Waals surface area contributed by atoms with Gasteiger partial charge >= 0.3 is 0 Å². The zero-order chi connectivity index (χ0) is 38.4. The third-order valence-corrected chi connectivity index (χ3v) is 13.5. The molecule has 11 aromatic rings. The molecule has 0 bridgehead atoms. The first-order valence-electron chi connectivity index (χ1n) is 20.4. The molecule has 14 rings (SSSR count). The van der Waals surface area contributed by atoms with E-state index in [0.717, 1.165) is 50.0 Å². The maximum atomic E-state index is 6.74. The number of benzene rings is 10. The highest BCUT2D eigenvalue weighted by Crippen LogP contribution is 2.64. The van der Waals surface area contributed by atoms with Crippen LogP contribution in [0, 0.1) is 0 Å². The fourth-order valence-electron chi connectivity index (χ4n) is 11.0. The van der Waals surface area contributed by atoms with E-state index in [0.29, 0.717) is 0 Å². The lowest BCUT2D eigenvalue weighted by Crippen LogP contribution is -2.25. The number of ether oxygens (including phenoxy) is 1. The van der Waals surface area contributed by atoms with Crippen LogP contribution in [0.2, 0.25) is 0 Å². The van der Waals surface area contributed by atoms with Crippen LogP contribution in [0.25, 0.3) is 99.1 Å². The monoisotopic (exact) mass is 748 g/mol. The summed E-state index contributed by atoms with van der Waals surface area (Å²) in [5.74, 6) is 1.76. The van der Waals surface area contributed by atoms with Crippen molar-refractivity contribution in [1.29, 1.82) is 0 Å². The van der Waals surface area contributed by atoms with Gasteiger partial charge in [0.2, 0.25) is 0 Å². The molecule has 272 valence electrons. The van der Waals surface area contributed by atoms with E-state index in [1.165, 1.54) is 82.9 Å². The molecule has 2 aliphatic carbocycles. The molecule has 0 saturated carbocycles. The largest absolute Gasteiger partial charge is 0.456 e. The molecule has 0 fully saturated rings. The number of furan rings is 1. The summed E-state index contributed by atoms with van der Waals surface area (Å²) in [7, 11) is 0. The van der Waals surface area contributed by atoms with Gasteiger partial charge in [-0.15, -0.1) is 0 Å². The second kappa shape index (κ2) is 11.2. The summed E-state index contributed by atoms with van der Waals surface area (Å²) in [5, 5.41) is 7.15. The highest BCUT2D eigenvalue weighted by atomic mass is 16.5. The summed E-state index contributed by atoms with van der Waals surface area (Å²) in [4.78, 5) is 0. The van der Waals surface area contributed by atoms with Crippen LogP contribution in [0.15, 0.2) is 199 Å². The highest BCUT2D eigenvalue weighted by molar-refractivity contribution is 6.13. The van der Waals surface area contributed by atoms with E-state index in [1.54, 1.807) is 0 Å². The Morgan fingerprint density at radius 2 is 0.983 bits per heavy atom. The van der Waals surface area contributed by atoms with Crippen LogP contribution in [0.4, 0.5) is 0 Å². The maximum absolute atomic E-state index is 6.74. The Morgan fingerprint density at radius 3 is 1.92 bits per heavy atom. The van der Waals surface area contributed by atoms with Gasteiger partial charge in [-0.05, 0) is 131 Å². The predicted molar refractivity (Wildman–Crippen MR) is 241 cm³/mol. The van der Waals surface area contributed by atoms with Crippen molar-refractivity contribution in [1.82, 2.24) is 0 Å². The maximum Gasteiger partial charge on any atom is 0.135 e. The Hall–Kier alpha value is -7.68. The minimum Gasteiger partial charge on any atom is -0.456 e. The molecule has 3 aliphatic rings. The van der Waals surface area contributed by atoms with Gasteiger partial charge in [-0.2, -0.15) is 0 Å². The molecule has 2 nitrogen and oxygen atoms in total. The van der Waals surface area contributed by atoms with Gasteiger partial charge < -0.3 is 9.15 Å². The third-order valence-electron chi connectivity index (χ3n) is 13.5. The van der Waals surface area contributed by atoms with Crippen LogP contribution in [-0.2, 0) is 5.41 Å². The molecule has 0 amide bonds. The molecule has 59 heavy (non-hydrogen) atoms. The Morgan fingerprint density at radius 1 is 0.322 bits per heavy atom. The van der Waals surface area contributed by atoms with Gasteiger partial charge in [0.15, 0.2) is 0 Å². The molecule has 1 unspecified atom stereocenters. The standard InChI is InChI=1S/C57H32O2/c1-2-11-38-33(10-1)21-26-49-55(38)44-14-4-7-18-48(44)57(49)47-17-6-3-12-39(47)40-24-20-35(32-50(40)57)34-22-27-53-46(30-34)43-16-9-15-42-37(25-29-54(59-53)56(42)43)36-23-28-52-45(31-36)41-13-5-8-19-51(41)58-52/h1-32H. The van der Waals surface area contributed by atoms with E-state index >= 15 is 0 Å². The van der Waals surface area contributed by atoms with Crippen molar-refractivity contribution in [3.63, 3.8) is 0 Å².